The van der Waals surface area contributed by atoms with Gasteiger partial charge in [-0.15, -0.1) is 24.0 Å². The lowest BCUT2D eigenvalue weighted by Crippen LogP contribution is -2.72. The molecule has 2 saturated carbocycles. The highest BCUT2D eigenvalue weighted by Crippen LogP contribution is 2.62. The summed E-state index contributed by atoms with van der Waals surface area (Å²) in [5.74, 6) is 1.63. The van der Waals surface area contributed by atoms with E-state index >= 15 is 0 Å². The van der Waals surface area contributed by atoms with Gasteiger partial charge in [0.2, 0.25) is 0 Å². The molecule has 25 heavy (non-hydrogen) atoms. The molecule has 1 saturated heterocycles. The first kappa shape index (κ1) is 21.2. The van der Waals surface area contributed by atoms with Crippen molar-refractivity contribution in [2.45, 2.75) is 44.2 Å². The van der Waals surface area contributed by atoms with Gasteiger partial charge in [-0.05, 0) is 32.7 Å². The second kappa shape index (κ2) is 9.71. The SMILES string of the molecule is CN=C(NCCN(C)CCCOC)NC1C2CCOC2C12CCC2.I. The van der Waals surface area contributed by atoms with Crippen LogP contribution in [0.1, 0.15) is 32.1 Å². The van der Waals surface area contributed by atoms with Gasteiger partial charge in [-0.2, -0.15) is 0 Å². The van der Waals surface area contributed by atoms with Gasteiger partial charge >= 0.3 is 0 Å². The number of halogens is 1. The molecule has 146 valence electrons. The highest BCUT2D eigenvalue weighted by atomic mass is 127. The predicted molar refractivity (Wildman–Crippen MR) is 112 cm³/mol. The molecule has 1 spiro atoms. The minimum absolute atomic E-state index is 0. The summed E-state index contributed by atoms with van der Waals surface area (Å²) in [6.45, 7) is 4.75. The van der Waals surface area contributed by atoms with Crippen molar-refractivity contribution in [2.24, 2.45) is 16.3 Å². The van der Waals surface area contributed by atoms with E-state index in [1.54, 1.807) is 7.11 Å². The predicted octanol–water partition coefficient (Wildman–Crippen LogP) is 1.70. The third kappa shape index (κ3) is 4.42. The first-order valence-electron chi connectivity index (χ1n) is 9.47. The maximum absolute atomic E-state index is 6.00. The number of nitrogens with zero attached hydrogens (tertiary/aromatic N) is 2. The van der Waals surface area contributed by atoms with E-state index in [-0.39, 0.29) is 24.0 Å². The van der Waals surface area contributed by atoms with Crippen LogP contribution in [0.4, 0.5) is 0 Å². The van der Waals surface area contributed by atoms with E-state index in [1.807, 2.05) is 7.05 Å². The van der Waals surface area contributed by atoms with Crippen LogP contribution in [-0.2, 0) is 9.47 Å². The Hall–Kier alpha value is -0.120. The van der Waals surface area contributed by atoms with Crippen LogP contribution in [0.25, 0.3) is 0 Å². The minimum atomic E-state index is 0. The molecule has 3 atom stereocenters. The van der Waals surface area contributed by atoms with Gasteiger partial charge in [0.1, 0.15) is 0 Å². The molecule has 0 aromatic heterocycles. The van der Waals surface area contributed by atoms with Crippen LogP contribution in [0.2, 0.25) is 0 Å². The fourth-order valence-electron chi connectivity index (χ4n) is 4.75. The molecule has 0 aromatic carbocycles. The number of guanidine groups is 1. The first-order chi connectivity index (χ1) is 11.7. The fraction of sp³-hybridized carbons (Fsp3) is 0.944. The number of rotatable bonds is 8. The van der Waals surface area contributed by atoms with Crippen molar-refractivity contribution in [2.75, 3.05) is 54.1 Å². The van der Waals surface area contributed by atoms with Gasteiger partial charge in [0.05, 0.1) is 6.10 Å². The summed E-state index contributed by atoms with van der Waals surface area (Å²) >= 11 is 0. The second-order valence-corrected chi connectivity index (χ2v) is 7.60. The lowest BCUT2D eigenvalue weighted by molar-refractivity contribution is -0.171. The Balaban J connectivity index is 0.00000225. The van der Waals surface area contributed by atoms with Crippen molar-refractivity contribution in [3.05, 3.63) is 0 Å². The van der Waals surface area contributed by atoms with Crippen molar-refractivity contribution in [1.29, 1.82) is 0 Å². The number of hydrogen-bond donors (Lipinski definition) is 2. The lowest BCUT2D eigenvalue weighted by Gasteiger charge is -2.63. The van der Waals surface area contributed by atoms with Gasteiger partial charge in [-0.25, -0.2) is 0 Å². The number of methoxy groups -OCH3 is 1. The average Bonchev–Trinajstić information content (AvgIpc) is 2.94. The van der Waals surface area contributed by atoms with E-state index in [0.29, 0.717) is 23.5 Å². The lowest BCUT2D eigenvalue weighted by atomic mass is 9.46. The van der Waals surface area contributed by atoms with E-state index in [4.69, 9.17) is 9.47 Å². The molecule has 0 bridgehead atoms. The Morgan fingerprint density at radius 2 is 2.16 bits per heavy atom. The average molecular weight is 466 g/mol. The van der Waals surface area contributed by atoms with E-state index in [0.717, 1.165) is 45.2 Å². The second-order valence-electron chi connectivity index (χ2n) is 7.60. The van der Waals surface area contributed by atoms with Crippen LogP contribution in [0.3, 0.4) is 0 Å². The van der Waals surface area contributed by atoms with Crippen molar-refractivity contribution in [3.8, 4) is 0 Å². The summed E-state index contributed by atoms with van der Waals surface area (Å²) in [5, 5.41) is 7.19. The van der Waals surface area contributed by atoms with Crippen molar-refractivity contribution >= 4 is 29.9 Å². The van der Waals surface area contributed by atoms with Crippen LogP contribution < -0.4 is 10.6 Å². The van der Waals surface area contributed by atoms with Gasteiger partial charge < -0.3 is 25.0 Å². The molecule has 0 radical (unpaired) electrons. The van der Waals surface area contributed by atoms with E-state index in [2.05, 4.69) is 27.6 Å². The number of nitrogens with one attached hydrogen (secondary N) is 2. The molecule has 2 aliphatic carbocycles. The highest BCUT2D eigenvalue weighted by molar-refractivity contribution is 14.0. The summed E-state index contributed by atoms with van der Waals surface area (Å²) in [6, 6.07) is 0.546. The third-order valence-electron chi connectivity index (χ3n) is 6.23. The Morgan fingerprint density at radius 1 is 1.36 bits per heavy atom. The monoisotopic (exact) mass is 466 g/mol. The summed E-state index contributed by atoms with van der Waals surface area (Å²) in [5.41, 5.74) is 0.399. The number of fused-ring (bicyclic) bond motifs is 2. The van der Waals surface area contributed by atoms with Crippen LogP contribution in [-0.4, -0.2) is 77.1 Å². The van der Waals surface area contributed by atoms with Gasteiger partial charge in [0, 0.05) is 64.4 Å². The van der Waals surface area contributed by atoms with Gasteiger partial charge in [-0.3, -0.25) is 4.99 Å². The molecule has 3 aliphatic rings. The molecule has 3 fully saturated rings. The largest absolute Gasteiger partial charge is 0.385 e. The first-order valence-corrected chi connectivity index (χ1v) is 9.47. The fourth-order valence-corrected chi connectivity index (χ4v) is 4.75. The molecular weight excluding hydrogens is 431 g/mol. The molecule has 7 heteroatoms. The summed E-state index contributed by atoms with van der Waals surface area (Å²) in [6.07, 6.45) is 6.75. The van der Waals surface area contributed by atoms with E-state index < -0.39 is 0 Å². The summed E-state index contributed by atoms with van der Waals surface area (Å²) in [4.78, 5) is 6.77. The van der Waals surface area contributed by atoms with E-state index in [9.17, 15) is 0 Å². The molecule has 6 nitrogen and oxygen atoms in total. The molecule has 0 aromatic rings. The van der Waals surface area contributed by atoms with Crippen LogP contribution in [0, 0.1) is 11.3 Å². The molecule has 1 heterocycles. The normalized spacial score (nSPS) is 29.6. The Morgan fingerprint density at radius 3 is 2.80 bits per heavy atom. The van der Waals surface area contributed by atoms with Crippen LogP contribution in [0.15, 0.2) is 4.99 Å². The van der Waals surface area contributed by atoms with Crippen molar-refractivity contribution in [1.82, 2.24) is 15.5 Å². The Labute approximate surface area is 169 Å². The number of aliphatic imine (C=N–C) groups is 1. The third-order valence-corrected chi connectivity index (χ3v) is 6.23. The smallest absolute Gasteiger partial charge is 0.191 e. The van der Waals surface area contributed by atoms with Crippen LogP contribution >= 0.6 is 24.0 Å². The zero-order valence-corrected chi connectivity index (χ0v) is 18.3. The summed E-state index contributed by atoms with van der Waals surface area (Å²) in [7, 11) is 5.78. The maximum atomic E-state index is 6.00. The zero-order valence-electron chi connectivity index (χ0n) is 15.9. The Bertz CT molecular complexity index is 445. The standard InChI is InChI=1S/C18H34N4O2.HI/c1-19-17(20-9-11-22(2)10-5-12-23-3)21-15-14-6-13-24-16(14)18(15)7-4-8-18;/h14-16H,4-13H2,1-3H3,(H2,19,20,21);1H. The molecule has 0 amide bonds. The molecule has 3 unspecified atom stereocenters. The quantitative estimate of drug-likeness (QED) is 0.247. The minimum Gasteiger partial charge on any atom is -0.385 e. The molecule has 1 aliphatic heterocycles. The molecule has 2 N–H and O–H groups in total. The zero-order chi connectivity index (χ0) is 17.0. The summed E-state index contributed by atoms with van der Waals surface area (Å²) < 4.78 is 11.1. The maximum Gasteiger partial charge on any atom is 0.191 e. The molecule has 3 rings (SSSR count). The van der Waals surface area contributed by atoms with Gasteiger partial charge in [-0.1, -0.05) is 6.42 Å². The topological polar surface area (TPSA) is 58.1 Å². The van der Waals surface area contributed by atoms with Crippen LogP contribution in [0.5, 0.6) is 0 Å². The van der Waals surface area contributed by atoms with Crippen molar-refractivity contribution in [3.63, 3.8) is 0 Å². The molecular formula is C18H35IN4O2. The highest BCUT2D eigenvalue weighted by Gasteiger charge is 2.66. The number of hydrogen-bond acceptors (Lipinski definition) is 4. The van der Waals surface area contributed by atoms with E-state index in [1.165, 1.54) is 25.7 Å². The Kier molecular flexibility index (Phi) is 8.23. The van der Waals surface area contributed by atoms with Crippen molar-refractivity contribution < 1.29 is 9.47 Å². The van der Waals surface area contributed by atoms with Gasteiger partial charge in [0.15, 0.2) is 5.96 Å². The number of likely N-dealkylation sites (N-methyl/N-ethyl adjacent to an activating group) is 1. The number of ether oxygens (including phenoxy) is 2. The van der Waals surface area contributed by atoms with Gasteiger partial charge in [0.25, 0.3) is 0 Å².